The van der Waals surface area contributed by atoms with Crippen molar-refractivity contribution in [1.82, 2.24) is 4.98 Å². The zero-order valence-electron chi connectivity index (χ0n) is 8.53. The monoisotopic (exact) mass is 210 g/mol. The smallest absolute Gasteiger partial charge is 0.248 e. The maximum absolute atomic E-state index is 11.3. The highest BCUT2D eigenvalue weighted by Gasteiger charge is 2.03. The summed E-state index contributed by atoms with van der Waals surface area (Å²) in [7, 11) is 0. The van der Waals surface area contributed by atoms with Gasteiger partial charge in [0.2, 0.25) is 5.56 Å². The number of anilines is 1. The van der Waals surface area contributed by atoms with E-state index in [-0.39, 0.29) is 5.56 Å². The number of aromatic nitrogens is 1. The Balaban J connectivity index is 2.66. The first-order valence-electron chi connectivity index (χ1n) is 5.06. The van der Waals surface area contributed by atoms with Crippen LogP contribution in [-0.2, 0) is 0 Å². The van der Waals surface area contributed by atoms with Crippen molar-refractivity contribution in [3.63, 3.8) is 0 Å². The predicted octanol–water partition coefficient (Wildman–Crippen LogP) is 2.26. The molecule has 3 aromatic rings. The highest BCUT2D eigenvalue weighted by molar-refractivity contribution is 6.10. The fourth-order valence-corrected chi connectivity index (χ4v) is 2.03. The Morgan fingerprint density at radius 3 is 2.56 bits per heavy atom. The van der Waals surface area contributed by atoms with Crippen LogP contribution in [0.3, 0.4) is 0 Å². The van der Waals surface area contributed by atoms with E-state index in [4.69, 9.17) is 5.73 Å². The first-order chi connectivity index (χ1) is 7.75. The molecular formula is C13H10N2O. The topological polar surface area (TPSA) is 58.9 Å². The number of hydrogen-bond acceptors (Lipinski definition) is 2. The molecular weight excluding hydrogens is 200 g/mol. The van der Waals surface area contributed by atoms with Crippen LogP contribution in [0.5, 0.6) is 0 Å². The Labute approximate surface area is 91.5 Å². The van der Waals surface area contributed by atoms with E-state index in [2.05, 4.69) is 4.98 Å². The van der Waals surface area contributed by atoms with E-state index in [0.717, 1.165) is 21.7 Å². The quantitative estimate of drug-likeness (QED) is 0.441. The van der Waals surface area contributed by atoms with Gasteiger partial charge in [-0.25, -0.2) is 0 Å². The molecule has 0 fully saturated rings. The fraction of sp³-hybridized carbons (Fsp3) is 0. The third-order valence-electron chi connectivity index (χ3n) is 2.77. The summed E-state index contributed by atoms with van der Waals surface area (Å²) in [4.78, 5) is 14.2. The molecule has 1 aromatic heterocycles. The summed E-state index contributed by atoms with van der Waals surface area (Å²) in [6.45, 7) is 0. The first kappa shape index (κ1) is 8.97. The Morgan fingerprint density at radius 2 is 1.69 bits per heavy atom. The van der Waals surface area contributed by atoms with Crippen LogP contribution < -0.4 is 11.3 Å². The minimum Gasteiger partial charge on any atom is -0.398 e. The third kappa shape index (κ3) is 1.18. The van der Waals surface area contributed by atoms with Crippen molar-refractivity contribution in [2.75, 3.05) is 5.73 Å². The van der Waals surface area contributed by atoms with Crippen molar-refractivity contribution in [1.29, 1.82) is 0 Å². The van der Waals surface area contributed by atoms with Gasteiger partial charge in [-0.15, -0.1) is 0 Å². The lowest BCUT2D eigenvalue weighted by Gasteiger charge is -2.05. The molecule has 0 amide bonds. The molecule has 0 saturated heterocycles. The molecule has 78 valence electrons. The lowest BCUT2D eigenvalue weighted by molar-refractivity contribution is 1.32. The Hall–Kier alpha value is -2.29. The van der Waals surface area contributed by atoms with Crippen molar-refractivity contribution in [2.45, 2.75) is 0 Å². The number of rotatable bonds is 0. The number of H-pyrrole nitrogens is 1. The van der Waals surface area contributed by atoms with Gasteiger partial charge in [0.05, 0.1) is 5.52 Å². The number of aromatic amines is 1. The molecule has 0 aliphatic rings. The second kappa shape index (κ2) is 3.10. The largest absolute Gasteiger partial charge is 0.398 e. The maximum Gasteiger partial charge on any atom is 0.248 e. The molecule has 16 heavy (non-hydrogen) atoms. The van der Waals surface area contributed by atoms with Gasteiger partial charge < -0.3 is 10.7 Å². The van der Waals surface area contributed by atoms with Gasteiger partial charge in [-0.05, 0) is 22.9 Å². The highest BCUT2D eigenvalue weighted by atomic mass is 16.1. The van der Waals surface area contributed by atoms with Crippen LogP contribution in [-0.4, -0.2) is 4.98 Å². The van der Waals surface area contributed by atoms with E-state index in [1.165, 1.54) is 6.07 Å². The summed E-state index contributed by atoms with van der Waals surface area (Å²) >= 11 is 0. The summed E-state index contributed by atoms with van der Waals surface area (Å²) in [5.41, 5.74) is 7.34. The summed E-state index contributed by atoms with van der Waals surface area (Å²) in [6, 6.07) is 13.0. The number of nitrogens with two attached hydrogens (primary N) is 1. The normalized spacial score (nSPS) is 11.0. The van der Waals surface area contributed by atoms with Crippen LogP contribution in [0, 0.1) is 0 Å². The lowest BCUT2D eigenvalue weighted by atomic mass is 10.0. The molecule has 0 aliphatic heterocycles. The molecule has 3 nitrogen and oxygen atoms in total. The number of fused-ring (bicyclic) bond motifs is 3. The predicted molar refractivity (Wildman–Crippen MR) is 66.5 cm³/mol. The van der Waals surface area contributed by atoms with Crippen LogP contribution in [0.2, 0.25) is 0 Å². The van der Waals surface area contributed by atoms with E-state index < -0.39 is 0 Å². The van der Waals surface area contributed by atoms with Crippen LogP contribution in [0.1, 0.15) is 0 Å². The van der Waals surface area contributed by atoms with Gasteiger partial charge in [0.25, 0.3) is 0 Å². The fourth-order valence-electron chi connectivity index (χ4n) is 2.03. The Kier molecular flexibility index (Phi) is 1.74. The van der Waals surface area contributed by atoms with Crippen LogP contribution >= 0.6 is 0 Å². The minimum absolute atomic E-state index is 0.108. The molecule has 0 aliphatic carbocycles. The summed E-state index contributed by atoms with van der Waals surface area (Å²) in [5.74, 6) is 0. The minimum atomic E-state index is -0.108. The maximum atomic E-state index is 11.3. The van der Waals surface area contributed by atoms with Gasteiger partial charge in [0, 0.05) is 17.1 Å². The van der Waals surface area contributed by atoms with Crippen molar-refractivity contribution < 1.29 is 0 Å². The van der Waals surface area contributed by atoms with Crippen molar-refractivity contribution in [3.8, 4) is 0 Å². The van der Waals surface area contributed by atoms with E-state index in [9.17, 15) is 4.79 Å². The SMILES string of the molecule is Nc1cccc2ccc3ccc(=O)[nH]c3c12. The van der Waals surface area contributed by atoms with Crippen LogP contribution in [0.15, 0.2) is 47.3 Å². The average Bonchev–Trinajstić information content (AvgIpc) is 2.28. The van der Waals surface area contributed by atoms with E-state index in [1.54, 1.807) is 6.07 Å². The highest BCUT2D eigenvalue weighted by Crippen LogP contribution is 2.27. The lowest BCUT2D eigenvalue weighted by Crippen LogP contribution is -2.03. The molecule has 0 unspecified atom stereocenters. The molecule has 1 heterocycles. The third-order valence-corrected chi connectivity index (χ3v) is 2.77. The Morgan fingerprint density at radius 1 is 0.938 bits per heavy atom. The molecule has 3 N–H and O–H groups in total. The van der Waals surface area contributed by atoms with Gasteiger partial charge in [-0.3, -0.25) is 4.79 Å². The standard InChI is InChI=1S/C13H10N2O/c14-10-3-1-2-8-4-5-9-6-7-11(16)15-13(9)12(8)10/h1-7H,14H2,(H,15,16). The first-order valence-corrected chi connectivity index (χ1v) is 5.06. The van der Waals surface area contributed by atoms with E-state index in [1.807, 2.05) is 30.3 Å². The molecule has 0 bridgehead atoms. The molecule has 3 rings (SSSR count). The molecule has 2 aromatic carbocycles. The van der Waals surface area contributed by atoms with Gasteiger partial charge in [0.15, 0.2) is 0 Å². The van der Waals surface area contributed by atoms with E-state index >= 15 is 0 Å². The number of hydrogen-bond donors (Lipinski definition) is 2. The second-order valence-electron chi connectivity index (χ2n) is 3.80. The number of nitrogens with one attached hydrogen (secondary N) is 1. The molecule has 0 saturated carbocycles. The zero-order valence-corrected chi connectivity index (χ0v) is 8.53. The molecule has 0 atom stereocenters. The number of pyridine rings is 1. The van der Waals surface area contributed by atoms with Crippen LogP contribution in [0.25, 0.3) is 21.7 Å². The molecule has 0 radical (unpaired) electrons. The summed E-state index contributed by atoms with van der Waals surface area (Å²) in [6.07, 6.45) is 0. The van der Waals surface area contributed by atoms with Gasteiger partial charge in [0.1, 0.15) is 0 Å². The number of nitrogen functional groups attached to an aromatic ring is 1. The van der Waals surface area contributed by atoms with Gasteiger partial charge >= 0.3 is 0 Å². The van der Waals surface area contributed by atoms with Gasteiger partial charge in [-0.1, -0.05) is 24.3 Å². The van der Waals surface area contributed by atoms with Crippen molar-refractivity contribution in [3.05, 3.63) is 52.8 Å². The molecule has 0 spiro atoms. The van der Waals surface area contributed by atoms with Crippen molar-refractivity contribution >= 4 is 27.4 Å². The number of benzene rings is 2. The second-order valence-corrected chi connectivity index (χ2v) is 3.80. The van der Waals surface area contributed by atoms with E-state index in [0.29, 0.717) is 5.69 Å². The summed E-state index contributed by atoms with van der Waals surface area (Å²) in [5, 5.41) is 2.94. The Bertz CT molecular complexity index is 744. The summed E-state index contributed by atoms with van der Waals surface area (Å²) < 4.78 is 0. The van der Waals surface area contributed by atoms with Gasteiger partial charge in [-0.2, -0.15) is 0 Å². The average molecular weight is 210 g/mol. The van der Waals surface area contributed by atoms with Crippen LogP contribution in [0.4, 0.5) is 5.69 Å². The van der Waals surface area contributed by atoms with Crippen molar-refractivity contribution in [2.24, 2.45) is 0 Å². The zero-order chi connectivity index (χ0) is 11.1. The molecule has 3 heteroatoms.